The van der Waals surface area contributed by atoms with E-state index in [2.05, 4.69) is 5.32 Å². The third kappa shape index (κ3) is 3.49. The minimum Gasteiger partial charge on any atom is -0.462 e. The molecule has 1 aromatic carbocycles. The Labute approximate surface area is 152 Å². The molecule has 0 amide bonds. The largest absolute Gasteiger partial charge is 0.462 e. The molecule has 0 saturated heterocycles. The van der Waals surface area contributed by atoms with E-state index in [9.17, 15) is 9.59 Å². The molecule has 1 aliphatic carbocycles. The van der Waals surface area contributed by atoms with Crippen LogP contribution in [0.15, 0.2) is 46.8 Å². The van der Waals surface area contributed by atoms with E-state index in [1.807, 2.05) is 32.0 Å². The van der Waals surface area contributed by atoms with Gasteiger partial charge >= 0.3 is 5.97 Å². The van der Waals surface area contributed by atoms with E-state index in [-0.39, 0.29) is 11.8 Å². The van der Waals surface area contributed by atoms with Gasteiger partial charge in [-0.1, -0.05) is 30.7 Å². The molecule has 4 nitrogen and oxygen atoms in total. The summed E-state index contributed by atoms with van der Waals surface area (Å²) < 4.78 is 5.39. The van der Waals surface area contributed by atoms with Crippen molar-refractivity contribution in [3.8, 4) is 0 Å². The Hall–Kier alpha value is -2.07. The maximum Gasteiger partial charge on any atom is 0.336 e. The van der Waals surface area contributed by atoms with Gasteiger partial charge in [0.1, 0.15) is 0 Å². The molecular weight excluding hydrogens is 338 g/mol. The number of allylic oxidation sites excluding steroid dienone is 3. The topological polar surface area (TPSA) is 55.4 Å². The Morgan fingerprint density at radius 3 is 2.88 bits per heavy atom. The van der Waals surface area contributed by atoms with Crippen molar-refractivity contribution in [2.75, 3.05) is 6.61 Å². The quantitative estimate of drug-likeness (QED) is 0.816. The SMILES string of the molecule is CCCOC(=O)C1=C(C)NC2=C(C(=O)CCC2)C1c1cccc(Cl)c1. The monoisotopic (exact) mass is 359 g/mol. The Bertz CT molecular complexity index is 779. The predicted molar refractivity (Wildman–Crippen MR) is 97.2 cm³/mol. The Kier molecular flexibility index (Phi) is 5.28. The van der Waals surface area contributed by atoms with Crippen LogP contribution < -0.4 is 5.32 Å². The zero-order valence-corrected chi connectivity index (χ0v) is 15.3. The minimum atomic E-state index is -0.424. The van der Waals surface area contributed by atoms with Gasteiger partial charge < -0.3 is 10.1 Å². The molecule has 0 aromatic heterocycles. The van der Waals surface area contributed by atoms with Crippen LogP contribution in [0.1, 0.15) is 51.0 Å². The highest BCUT2D eigenvalue weighted by Gasteiger charge is 2.39. The highest BCUT2D eigenvalue weighted by molar-refractivity contribution is 6.30. The lowest BCUT2D eigenvalue weighted by atomic mass is 9.75. The number of ether oxygens (including phenoxy) is 1. The van der Waals surface area contributed by atoms with Crippen LogP contribution in [-0.4, -0.2) is 18.4 Å². The van der Waals surface area contributed by atoms with Crippen LogP contribution in [0, 0.1) is 0 Å². The molecule has 0 spiro atoms. The molecule has 1 aromatic rings. The van der Waals surface area contributed by atoms with Crippen LogP contribution in [0.3, 0.4) is 0 Å². The van der Waals surface area contributed by atoms with E-state index in [0.717, 1.165) is 36.2 Å². The number of hydrogen-bond donors (Lipinski definition) is 1. The van der Waals surface area contributed by atoms with Crippen LogP contribution in [0.4, 0.5) is 0 Å². The Balaban J connectivity index is 2.12. The molecule has 0 saturated carbocycles. The second kappa shape index (κ2) is 7.44. The van der Waals surface area contributed by atoms with Crippen molar-refractivity contribution in [2.45, 2.75) is 45.4 Å². The van der Waals surface area contributed by atoms with Gasteiger partial charge in [0, 0.05) is 34.3 Å². The number of dihydropyridines is 1. The zero-order valence-electron chi connectivity index (χ0n) is 14.5. The molecule has 0 radical (unpaired) electrons. The predicted octanol–water partition coefficient (Wildman–Crippen LogP) is 4.26. The third-order valence-corrected chi connectivity index (χ3v) is 4.85. The van der Waals surface area contributed by atoms with E-state index >= 15 is 0 Å². The minimum absolute atomic E-state index is 0.0898. The Morgan fingerprint density at radius 1 is 1.36 bits per heavy atom. The lowest BCUT2D eigenvalue weighted by Crippen LogP contribution is -2.34. The van der Waals surface area contributed by atoms with Gasteiger partial charge in [0.15, 0.2) is 5.78 Å². The fraction of sp³-hybridized carbons (Fsp3) is 0.400. The van der Waals surface area contributed by atoms with Gasteiger partial charge in [-0.25, -0.2) is 4.79 Å². The highest BCUT2D eigenvalue weighted by atomic mass is 35.5. The molecule has 3 rings (SSSR count). The number of hydrogen-bond acceptors (Lipinski definition) is 4. The number of halogens is 1. The molecule has 1 N–H and O–H groups in total. The molecule has 132 valence electrons. The summed E-state index contributed by atoms with van der Waals surface area (Å²) in [4.78, 5) is 25.4. The molecule has 1 aliphatic heterocycles. The van der Waals surface area contributed by atoms with E-state index in [1.165, 1.54) is 0 Å². The first-order valence-corrected chi connectivity index (χ1v) is 9.07. The number of ketones is 1. The fourth-order valence-electron chi connectivity index (χ4n) is 3.55. The van der Waals surface area contributed by atoms with Gasteiger partial charge in [0.05, 0.1) is 12.2 Å². The molecular formula is C20H22ClNO3. The zero-order chi connectivity index (χ0) is 18.0. The molecule has 1 heterocycles. The normalized spacial score (nSPS) is 20.3. The molecule has 0 bridgehead atoms. The lowest BCUT2D eigenvalue weighted by molar-refractivity contribution is -0.139. The van der Waals surface area contributed by atoms with E-state index in [1.54, 1.807) is 6.07 Å². The second-order valence-electron chi connectivity index (χ2n) is 6.46. The fourth-order valence-corrected chi connectivity index (χ4v) is 3.74. The molecule has 1 unspecified atom stereocenters. The van der Waals surface area contributed by atoms with E-state index in [0.29, 0.717) is 29.2 Å². The standard InChI is InChI=1S/C20H22ClNO3/c1-3-10-25-20(24)17-12(2)22-15-8-5-9-16(23)19(15)18(17)13-6-4-7-14(21)11-13/h4,6-7,11,18,22H,3,5,8-10H2,1-2H3. The number of carbonyl (C=O) groups excluding carboxylic acids is 2. The van der Waals surface area contributed by atoms with Gasteiger partial charge in [0.2, 0.25) is 0 Å². The van der Waals surface area contributed by atoms with Crippen molar-refractivity contribution in [3.05, 3.63) is 57.4 Å². The summed E-state index contributed by atoms with van der Waals surface area (Å²) in [5.74, 6) is -0.708. The van der Waals surface area contributed by atoms with Gasteiger partial charge in [-0.15, -0.1) is 0 Å². The molecule has 2 aliphatic rings. The van der Waals surface area contributed by atoms with Crippen molar-refractivity contribution >= 4 is 23.4 Å². The Morgan fingerprint density at radius 2 is 2.16 bits per heavy atom. The van der Waals surface area contributed by atoms with Crippen LogP contribution in [-0.2, 0) is 14.3 Å². The van der Waals surface area contributed by atoms with Gasteiger partial charge in [-0.05, 0) is 43.9 Å². The third-order valence-electron chi connectivity index (χ3n) is 4.62. The number of rotatable bonds is 4. The van der Waals surface area contributed by atoms with Crippen LogP contribution in [0.25, 0.3) is 0 Å². The van der Waals surface area contributed by atoms with Crippen molar-refractivity contribution in [1.29, 1.82) is 0 Å². The maximum absolute atomic E-state index is 12.7. The van der Waals surface area contributed by atoms with Gasteiger partial charge in [-0.3, -0.25) is 4.79 Å². The van der Waals surface area contributed by atoms with Crippen LogP contribution in [0.2, 0.25) is 5.02 Å². The number of benzene rings is 1. The summed E-state index contributed by atoms with van der Waals surface area (Å²) in [6, 6.07) is 7.37. The van der Waals surface area contributed by atoms with Crippen molar-refractivity contribution < 1.29 is 14.3 Å². The molecule has 5 heteroatoms. The summed E-state index contributed by atoms with van der Waals surface area (Å²) in [6.45, 7) is 4.17. The van der Waals surface area contributed by atoms with E-state index in [4.69, 9.17) is 16.3 Å². The van der Waals surface area contributed by atoms with Crippen LogP contribution >= 0.6 is 11.6 Å². The first-order valence-electron chi connectivity index (χ1n) is 8.69. The molecule has 1 atom stereocenters. The summed E-state index contributed by atoms with van der Waals surface area (Å²) in [6.07, 6.45) is 2.90. The smallest absolute Gasteiger partial charge is 0.336 e. The number of carbonyl (C=O) groups is 2. The van der Waals surface area contributed by atoms with Gasteiger partial charge in [-0.2, -0.15) is 0 Å². The summed E-state index contributed by atoms with van der Waals surface area (Å²) in [7, 11) is 0. The average Bonchev–Trinajstić information content (AvgIpc) is 2.58. The second-order valence-corrected chi connectivity index (χ2v) is 6.89. The maximum atomic E-state index is 12.7. The summed E-state index contributed by atoms with van der Waals surface area (Å²) in [5.41, 5.74) is 3.71. The highest BCUT2D eigenvalue weighted by Crippen LogP contribution is 2.42. The summed E-state index contributed by atoms with van der Waals surface area (Å²) >= 11 is 6.17. The molecule has 0 fully saturated rings. The first-order chi connectivity index (χ1) is 12.0. The number of Topliss-reactive ketones (excluding diaryl/α,β-unsaturated/α-hetero) is 1. The number of nitrogens with one attached hydrogen (secondary N) is 1. The van der Waals surface area contributed by atoms with Crippen LogP contribution in [0.5, 0.6) is 0 Å². The van der Waals surface area contributed by atoms with E-state index < -0.39 is 5.92 Å². The average molecular weight is 360 g/mol. The van der Waals surface area contributed by atoms with Crippen molar-refractivity contribution in [1.82, 2.24) is 5.32 Å². The van der Waals surface area contributed by atoms with Gasteiger partial charge in [0.25, 0.3) is 0 Å². The lowest BCUT2D eigenvalue weighted by Gasteiger charge is -2.34. The van der Waals surface area contributed by atoms with Crippen molar-refractivity contribution in [3.63, 3.8) is 0 Å². The summed E-state index contributed by atoms with van der Waals surface area (Å²) in [5, 5.41) is 3.86. The van der Waals surface area contributed by atoms with Crippen molar-refractivity contribution in [2.24, 2.45) is 0 Å². The first kappa shape index (κ1) is 17.7. The number of esters is 1. The molecule has 25 heavy (non-hydrogen) atoms.